The van der Waals surface area contributed by atoms with E-state index in [0.29, 0.717) is 35.7 Å². The molecular weight excluding hydrogens is 441 g/mol. The van der Waals surface area contributed by atoms with E-state index in [1.807, 2.05) is 17.0 Å². The van der Waals surface area contributed by atoms with Crippen molar-refractivity contribution >= 4 is 34.4 Å². The average molecular weight is 465 g/mol. The maximum Gasteiger partial charge on any atom is 0.414 e. The molecule has 0 radical (unpaired) electrons. The zero-order valence-corrected chi connectivity index (χ0v) is 18.9. The van der Waals surface area contributed by atoms with Crippen LogP contribution in [0, 0.1) is 12.7 Å². The molecule has 0 bridgehead atoms. The van der Waals surface area contributed by atoms with Crippen molar-refractivity contribution in [1.82, 2.24) is 14.9 Å². The number of carbonyl (C=O) groups excluding carboxylic acids is 2. The first-order chi connectivity index (χ1) is 16.4. The molecule has 176 valence electrons. The van der Waals surface area contributed by atoms with E-state index in [-0.39, 0.29) is 31.4 Å². The van der Waals surface area contributed by atoms with Gasteiger partial charge in [-0.3, -0.25) is 14.7 Å². The number of carbonyl (C=O) groups is 2. The lowest BCUT2D eigenvalue weighted by Gasteiger charge is -2.36. The van der Waals surface area contributed by atoms with Crippen LogP contribution in [-0.2, 0) is 9.53 Å². The highest BCUT2D eigenvalue weighted by Crippen LogP contribution is 2.28. The highest BCUT2D eigenvalue weighted by Gasteiger charge is 2.36. The van der Waals surface area contributed by atoms with Gasteiger partial charge in [-0.25, -0.2) is 14.2 Å². The van der Waals surface area contributed by atoms with Crippen molar-refractivity contribution in [2.24, 2.45) is 0 Å². The van der Waals surface area contributed by atoms with Crippen LogP contribution in [0.3, 0.4) is 0 Å². The van der Waals surface area contributed by atoms with Gasteiger partial charge in [0.15, 0.2) is 0 Å². The second-order valence-electron chi connectivity index (χ2n) is 8.36. The van der Waals surface area contributed by atoms with Crippen molar-refractivity contribution in [3.8, 4) is 5.88 Å². The number of piperazine rings is 1. The van der Waals surface area contributed by atoms with Crippen molar-refractivity contribution in [1.29, 1.82) is 0 Å². The number of nitrogens with zero attached hydrogens (tertiary/aromatic N) is 5. The largest absolute Gasteiger partial charge is 0.481 e. The van der Waals surface area contributed by atoms with E-state index < -0.39 is 12.2 Å². The summed E-state index contributed by atoms with van der Waals surface area (Å²) in [7, 11) is 1.55. The molecule has 2 aliphatic rings. The molecule has 3 aromatic rings. The van der Waals surface area contributed by atoms with E-state index in [1.54, 1.807) is 43.3 Å². The summed E-state index contributed by atoms with van der Waals surface area (Å²) in [6, 6.07) is 10.1. The van der Waals surface area contributed by atoms with Crippen molar-refractivity contribution in [2.75, 3.05) is 49.6 Å². The molecule has 0 unspecified atom stereocenters. The number of rotatable bonds is 5. The van der Waals surface area contributed by atoms with Crippen LogP contribution >= 0.6 is 0 Å². The Morgan fingerprint density at radius 3 is 2.79 bits per heavy atom. The van der Waals surface area contributed by atoms with Gasteiger partial charge in [0.2, 0.25) is 11.8 Å². The second-order valence-corrected chi connectivity index (χ2v) is 8.36. The fraction of sp³-hybridized carbons (Fsp3) is 0.333. The molecule has 1 aromatic carbocycles. The topological polar surface area (TPSA) is 88.1 Å². The van der Waals surface area contributed by atoms with Crippen LogP contribution in [0.4, 0.5) is 20.6 Å². The van der Waals surface area contributed by atoms with Gasteiger partial charge in [-0.2, -0.15) is 0 Å². The summed E-state index contributed by atoms with van der Waals surface area (Å²) in [6.07, 6.45) is 0.672. The van der Waals surface area contributed by atoms with Crippen LogP contribution in [0.5, 0.6) is 5.88 Å². The number of amides is 2. The normalized spacial score (nSPS) is 18.6. The Kier molecular flexibility index (Phi) is 5.64. The predicted octanol–water partition coefficient (Wildman–Crippen LogP) is 2.76. The van der Waals surface area contributed by atoms with Gasteiger partial charge in [-0.15, -0.1) is 0 Å². The first-order valence-corrected chi connectivity index (χ1v) is 11.0. The van der Waals surface area contributed by atoms with Crippen molar-refractivity contribution in [3.63, 3.8) is 0 Å². The zero-order valence-electron chi connectivity index (χ0n) is 18.9. The number of aromatic nitrogens is 2. The monoisotopic (exact) mass is 465 g/mol. The van der Waals surface area contributed by atoms with Gasteiger partial charge in [0, 0.05) is 25.4 Å². The average Bonchev–Trinajstić information content (AvgIpc) is 3.21. The minimum Gasteiger partial charge on any atom is -0.481 e. The van der Waals surface area contributed by atoms with Gasteiger partial charge in [-0.05, 0) is 36.8 Å². The highest BCUT2D eigenvalue weighted by molar-refractivity contribution is 5.92. The Bertz CT molecular complexity index is 1270. The summed E-state index contributed by atoms with van der Waals surface area (Å²) in [5, 5.41) is 0. The molecule has 0 spiro atoms. The molecule has 5 rings (SSSR count). The number of hydrogen-bond acceptors (Lipinski definition) is 7. The van der Waals surface area contributed by atoms with E-state index in [4.69, 9.17) is 9.47 Å². The van der Waals surface area contributed by atoms with Crippen LogP contribution in [0.25, 0.3) is 11.0 Å². The first-order valence-electron chi connectivity index (χ1n) is 11.0. The number of methoxy groups -OCH3 is 1. The minimum atomic E-state index is -0.539. The number of ether oxygens (including phenoxy) is 2. The lowest BCUT2D eigenvalue weighted by atomic mass is 10.2. The van der Waals surface area contributed by atoms with Crippen molar-refractivity contribution in [2.45, 2.75) is 13.0 Å². The van der Waals surface area contributed by atoms with E-state index in [0.717, 1.165) is 11.2 Å². The Labute approximate surface area is 195 Å². The fourth-order valence-electron chi connectivity index (χ4n) is 4.29. The molecule has 2 fully saturated rings. The van der Waals surface area contributed by atoms with Gasteiger partial charge in [0.25, 0.3) is 0 Å². The molecule has 2 saturated heterocycles. The first kappa shape index (κ1) is 21.9. The number of cyclic esters (lactones) is 1. The Morgan fingerprint density at radius 1 is 1.18 bits per heavy atom. The smallest absolute Gasteiger partial charge is 0.414 e. The Balaban J connectivity index is 1.26. The van der Waals surface area contributed by atoms with E-state index in [1.165, 1.54) is 11.0 Å². The number of benzene rings is 1. The fourth-order valence-corrected chi connectivity index (χ4v) is 4.29. The van der Waals surface area contributed by atoms with Crippen LogP contribution in [0.1, 0.15) is 5.56 Å². The molecule has 4 heterocycles. The number of halogens is 1. The van der Waals surface area contributed by atoms with Crippen LogP contribution < -0.4 is 14.5 Å². The van der Waals surface area contributed by atoms with Gasteiger partial charge >= 0.3 is 6.09 Å². The maximum atomic E-state index is 13.9. The molecule has 0 aliphatic carbocycles. The lowest BCUT2D eigenvalue weighted by molar-refractivity contribution is -0.132. The number of pyridine rings is 2. The lowest BCUT2D eigenvalue weighted by Crippen LogP contribution is -2.52. The van der Waals surface area contributed by atoms with Crippen LogP contribution in [0.2, 0.25) is 0 Å². The van der Waals surface area contributed by atoms with Gasteiger partial charge < -0.3 is 19.3 Å². The highest BCUT2D eigenvalue weighted by atomic mass is 19.1. The van der Waals surface area contributed by atoms with Gasteiger partial charge in [0.05, 0.1) is 43.6 Å². The molecule has 2 aromatic heterocycles. The summed E-state index contributed by atoms with van der Waals surface area (Å²) < 4.78 is 24.7. The SMILES string of the molecule is COc1ccc2nccc(N3CCN(C[C@@H]4CN(c5ccc(C)c(F)c5)C(=O)O4)C(=O)C3)c2n1. The summed E-state index contributed by atoms with van der Waals surface area (Å²) in [5.41, 5.74) is 3.16. The molecule has 0 saturated carbocycles. The van der Waals surface area contributed by atoms with Crippen molar-refractivity contribution < 1.29 is 23.5 Å². The zero-order chi connectivity index (χ0) is 23.8. The number of fused-ring (bicyclic) bond motifs is 1. The molecular formula is C24H24FN5O4. The van der Waals surface area contributed by atoms with Gasteiger partial charge in [0.1, 0.15) is 17.4 Å². The molecule has 2 amide bonds. The minimum absolute atomic E-state index is 0.0741. The molecule has 1 atom stereocenters. The number of aryl methyl sites for hydroxylation is 1. The second kappa shape index (κ2) is 8.77. The summed E-state index contributed by atoms with van der Waals surface area (Å²) in [5.74, 6) is 0.0264. The molecule has 2 aliphatic heterocycles. The van der Waals surface area contributed by atoms with Crippen LogP contribution in [-0.4, -0.2) is 72.8 Å². The molecule has 10 heteroatoms. The maximum absolute atomic E-state index is 13.9. The van der Waals surface area contributed by atoms with E-state index in [9.17, 15) is 14.0 Å². The third kappa shape index (κ3) is 4.07. The molecule has 9 nitrogen and oxygen atoms in total. The van der Waals surface area contributed by atoms with Crippen molar-refractivity contribution in [3.05, 3.63) is 54.0 Å². The Hall–Kier alpha value is -3.95. The van der Waals surface area contributed by atoms with E-state index in [2.05, 4.69) is 9.97 Å². The third-order valence-corrected chi connectivity index (χ3v) is 6.17. The third-order valence-electron chi connectivity index (χ3n) is 6.17. The van der Waals surface area contributed by atoms with Gasteiger partial charge in [-0.1, -0.05) is 6.07 Å². The van der Waals surface area contributed by atoms with E-state index >= 15 is 0 Å². The summed E-state index contributed by atoms with van der Waals surface area (Å²) in [6.45, 7) is 3.44. The predicted molar refractivity (Wildman–Crippen MR) is 124 cm³/mol. The Morgan fingerprint density at radius 2 is 2.03 bits per heavy atom. The molecule has 34 heavy (non-hydrogen) atoms. The number of hydrogen-bond donors (Lipinski definition) is 0. The molecule has 0 N–H and O–H groups in total. The number of anilines is 2. The summed E-state index contributed by atoms with van der Waals surface area (Å²) >= 11 is 0. The van der Waals surface area contributed by atoms with Crippen LogP contribution in [0.15, 0.2) is 42.6 Å². The standard InChI is InChI=1S/C24H24FN5O4/c1-15-3-4-16(11-18(15)25)30-13-17(34-24(30)32)12-29-10-9-28(14-22(29)31)20-7-8-26-19-5-6-21(33-2)27-23(19)20/h3-8,11,17H,9-10,12-14H2,1-2H3/t17-/m1/s1. The quantitative estimate of drug-likeness (QED) is 0.573. The summed E-state index contributed by atoms with van der Waals surface area (Å²) in [4.78, 5) is 39.3.